The first-order chi connectivity index (χ1) is 12.4. The standard InChI is InChI=1S/C20H23ClNO4P/c1-11-8-15(21)14(10-17(20(25)26-4)27(5,6)7)9-16(11)22-18(23)12(2)13(3)19(22)24/h8-10H,5H2,1-4,6-7H3/b17-10+. The number of aryl methyl sites for hydroxylation is 1. The van der Waals surface area contributed by atoms with Crippen LogP contribution in [0.25, 0.3) is 6.08 Å². The SMILES string of the molecule is C=P(C)(C)/C(=C/c1cc(N2C(=O)C(C)=C(C)C2=O)c(C)cc1Cl)C(=O)OC. The van der Waals surface area contributed by atoms with Crippen molar-refractivity contribution in [3.05, 3.63) is 44.7 Å². The topological polar surface area (TPSA) is 63.7 Å². The van der Waals surface area contributed by atoms with E-state index in [1.54, 1.807) is 39.0 Å². The maximum absolute atomic E-state index is 12.5. The quantitative estimate of drug-likeness (QED) is 0.326. The molecule has 0 unspecified atom stereocenters. The van der Waals surface area contributed by atoms with Gasteiger partial charge in [-0.15, -0.1) is 0 Å². The molecule has 0 bridgehead atoms. The summed E-state index contributed by atoms with van der Waals surface area (Å²) in [5, 5.41) is 0.845. The van der Waals surface area contributed by atoms with Gasteiger partial charge in [0.05, 0.1) is 18.1 Å². The van der Waals surface area contributed by atoms with Crippen molar-refractivity contribution in [1.82, 2.24) is 0 Å². The number of nitrogens with zero attached hydrogens (tertiary/aromatic N) is 1. The van der Waals surface area contributed by atoms with Crippen LogP contribution in [-0.2, 0) is 19.1 Å². The molecular formula is C20H23ClNO4P. The number of carbonyl (C=O) groups excluding carboxylic acids is 3. The maximum Gasteiger partial charge on any atom is 0.338 e. The number of benzene rings is 1. The van der Waals surface area contributed by atoms with Crippen LogP contribution < -0.4 is 4.90 Å². The van der Waals surface area contributed by atoms with Crippen LogP contribution in [0.4, 0.5) is 5.69 Å². The summed E-state index contributed by atoms with van der Waals surface area (Å²) in [7, 11) is 1.31. The normalized spacial score (nSPS) is 15.7. The van der Waals surface area contributed by atoms with Gasteiger partial charge in [-0.2, -0.15) is 0 Å². The molecule has 0 radical (unpaired) electrons. The lowest BCUT2D eigenvalue weighted by molar-refractivity contribution is -0.135. The molecule has 1 heterocycles. The lowest BCUT2D eigenvalue weighted by Gasteiger charge is -2.20. The first-order valence-corrected chi connectivity index (χ1v) is 11.5. The van der Waals surface area contributed by atoms with Gasteiger partial charge in [0.25, 0.3) is 11.8 Å². The Hall–Kier alpha value is -2.10. The second kappa shape index (κ2) is 7.49. The second-order valence-electron chi connectivity index (χ2n) is 7.06. The van der Waals surface area contributed by atoms with E-state index in [2.05, 4.69) is 6.30 Å². The van der Waals surface area contributed by atoms with Crippen LogP contribution in [0.1, 0.15) is 25.0 Å². The molecule has 1 aromatic rings. The molecular weight excluding hydrogens is 385 g/mol. The molecule has 2 rings (SSSR count). The number of hydrogen-bond acceptors (Lipinski definition) is 4. The Morgan fingerprint density at radius 3 is 2.11 bits per heavy atom. The van der Waals surface area contributed by atoms with E-state index in [4.69, 9.17) is 16.3 Å². The lowest BCUT2D eigenvalue weighted by atomic mass is 10.1. The number of ether oxygens (including phenoxy) is 1. The smallest absolute Gasteiger partial charge is 0.338 e. The zero-order chi connectivity index (χ0) is 20.7. The van der Waals surface area contributed by atoms with E-state index < -0.39 is 12.9 Å². The van der Waals surface area contributed by atoms with Gasteiger partial charge in [0, 0.05) is 16.2 Å². The first-order valence-electron chi connectivity index (χ1n) is 8.25. The van der Waals surface area contributed by atoms with Gasteiger partial charge >= 0.3 is 5.97 Å². The summed E-state index contributed by atoms with van der Waals surface area (Å²) in [6.45, 7) is 6.86. The lowest BCUT2D eigenvalue weighted by Crippen LogP contribution is -2.32. The maximum atomic E-state index is 12.5. The van der Waals surface area contributed by atoms with Gasteiger partial charge in [-0.05, 0) is 63.4 Å². The van der Waals surface area contributed by atoms with E-state index >= 15 is 0 Å². The summed E-state index contributed by atoms with van der Waals surface area (Å²) in [5.74, 6) is -1.17. The van der Waals surface area contributed by atoms with Gasteiger partial charge in [-0.1, -0.05) is 24.8 Å². The van der Waals surface area contributed by atoms with E-state index in [1.807, 2.05) is 13.3 Å². The summed E-state index contributed by atoms with van der Waals surface area (Å²) >= 11 is 6.38. The minimum Gasteiger partial charge on any atom is -0.465 e. The third-order valence-electron chi connectivity index (χ3n) is 4.51. The summed E-state index contributed by atoms with van der Waals surface area (Å²) in [6.07, 6.45) is 5.74. The Morgan fingerprint density at radius 1 is 1.15 bits per heavy atom. The molecule has 0 fully saturated rings. The van der Waals surface area contributed by atoms with Crippen LogP contribution >= 0.6 is 18.5 Å². The van der Waals surface area contributed by atoms with Crippen molar-refractivity contribution in [2.24, 2.45) is 0 Å². The molecule has 5 nitrogen and oxygen atoms in total. The summed E-state index contributed by atoms with van der Waals surface area (Å²) < 4.78 is 4.88. The number of amides is 2. The number of anilines is 1. The van der Waals surface area contributed by atoms with Crippen LogP contribution in [0, 0.1) is 6.92 Å². The van der Waals surface area contributed by atoms with Crippen LogP contribution in [0.3, 0.4) is 0 Å². The molecule has 0 atom stereocenters. The molecule has 1 aliphatic heterocycles. The highest BCUT2D eigenvalue weighted by Gasteiger charge is 2.35. The van der Waals surface area contributed by atoms with Gasteiger partial charge in [-0.25, -0.2) is 9.69 Å². The molecule has 7 heteroatoms. The van der Waals surface area contributed by atoms with Crippen molar-refractivity contribution < 1.29 is 19.1 Å². The van der Waals surface area contributed by atoms with E-state index in [0.717, 1.165) is 4.90 Å². The van der Waals surface area contributed by atoms with Crippen LogP contribution in [0.5, 0.6) is 0 Å². The van der Waals surface area contributed by atoms with Gasteiger partial charge in [0.15, 0.2) is 0 Å². The Kier molecular flexibility index (Phi) is 5.88. The Bertz CT molecular complexity index is 944. The van der Waals surface area contributed by atoms with E-state index in [-0.39, 0.29) is 11.8 Å². The van der Waals surface area contributed by atoms with Gasteiger partial charge in [-0.3, -0.25) is 9.59 Å². The summed E-state index contributed by atoms with van der Waals surface area (Å²) in [6, 6.07) is 3.33. The third-order valence-corrected chi connectivity index (χ3v) is 6.45. The number of methoxy groups -OCH3 is 1. The van der Waals surface area contributed by atoms with Crippen molar-refractivity contribution >= 4 is 54.3 Å². The number of halogens is 1. The fraction of sp³-hybridized carbons (Fsp3) is 0.300. The molecule has 0 N–H and O–H groups in total. The Labute approximate surface area is 164 Å². The number of hydrogen-bond donors (Lipinski definition) is 0. The highest BCUT2D eigenvalue weighted by atomic mass is 35.5. The van der Waals surface area contributed by atoms with Crippen molar-refractivity contribution in [2.45, 2.75) is 20.8 Å². The van der Waals surface area contributed by atoms with Gasteiger partial charge < -0.3 is 4.74 Å². The molecule has 144 valence electrons. The molecule has 1 aromatic carbocycles. The predicted octanol–water partition coefficient (Wildman–Crippen LogP) is 4.08. The Morgan fingerprint density at radius 2 is 1.67 bits per heavy atom. The van der Waals surface area contributed by atoms with Gasteiger partial charge in [0.2, 0.25) is 0 Å². The van der Waals surface area contributed by atoms with E-state index in [1.165, 1.54) is 7.11 Å². The molecule has 0 spiro atoms. The molecule has 0 saturated carbocycles. The van der Waals surface area contributed by atoms with Crippen LogP contribution in [-0.4, -0.2) is 44.5 Å². The zero-order valence-electron chi connectivity index (χ0n) is 16.3. The second-order valence-corrected chi connectivity index (χ2v) is 11.3. The number of esters is 1. The number of imide groups is 1. The van der Waals surface area contributed by atoms with Crippen LogP contribution in [0.2, 0.25) is 5.02 Å². The average Bonchev–Trinajstić information content (AvgIpc) is 2.76. The third kappa shape index (κ3) is 3.95. The average molecular weight is 408 g/mol. The highest BCUT2D eigenvalue weighted by Crippen LogP contribution is 2.47. The fourth-order valence-electron chi connectivity index (χ4n) is 2.73. The van der Waals surface area contributed by atoms with Crippen molar-refractivity contribution in [1.29, 1.82) is 0 Å². The van der Waals surface area contributed by atoms with Crippen molar-refractivity contribution in [2.75, 3.05) is 25.3 Å². The van der Waals surface area contributed by atoms with Gasteiger partial charge in [0.1, 0.15) is 0 Å². The highest BCUT2D eigenvalue weighted by molar-refractivity contribution is 7.77. The van der Waals surface area contributed by atoms with Crippen molar-refractivity contribution in [3.63, 3.8) is 0 Å². The predicted molar refractivity (Wildman–Crippen MR) is 113 cm³/mol. The monoisotopic (exact) mass is 407 g/mol. The van der Waals surface area contributed by atoms with E-state index in [0.29, 0.717) is 38.3 Å². The Balaban J connectivity index is 2.66. The number of rotatable bonds is 4. The van der Waals surface area contributed by atoms with Crippen LogP contribution in [0.15, 0.2) is 28.6 Å². The molecule has 0 aliphatic carbocycles. The molecule has 0 aromatic heterocycles. The largest absolute Gasteiger partial charge is 0.465 e. The molecule has 1 aliphatic rings. The minimum atomic E-state index is -1.96. The fourth-order valence-corrected chi connectivity index (χ4v) is 4.08. The molecule has 0 saturated heterocycles. The molecule has 2 amide bonds. The molecule has 27 heavy (non-hydrogen) atoms. The van der Waals surface area contributed by atoms with E-state index in [9.17, 15) is 14.4 Å². The minimum absolute atomic E-state index is 0.351. The summed E-state index contributed by atoms with van der Waals surface area (Å²) in [4.78, 5) is 38.4. The summed E-state index contributed by atoms with van der Waals surface area (Å²) in [5.41, 5.74) is 2.50. The van der Waals surface area contributed by atoms with Crippen molar-refractivity contribution in [3.8, 4) is 0 Å². The zero-order valence-corrected chi connectivity index (χ0v) is 18.0. The number of carbonyl (C=O) groups is 3. The first kappa shape index (κ1) is 21.2.